The lowest BCUT2D eigenvalue weighted by Gasteiger charge is -2.08. The lowest BCUT2D eigenvalue weighted by atomic mass is 10.0. The molecule has 0 radical (unpaired) electrons. The second-order valence-electron chi connectivity index (χ2n) is 6.26. The zero-order valence-corrected chi connectivity index (χ0v) is 16.2. The minimum absolute atomic E-state index is 0.0379. The number of hydrogen-bond acceptors (Lipinski definition) is 5. The van der Waals surface area contributed by atoms with Crippen molar-refractivity contribution in [1.29, 1.82) is 5.26 Å². The average Bonchev–Trinajstić information content (AvgIpc) is 3.11. The van der Waals surface area contributed by atoms with Gasteiger partial charge in [-0.2, -0.15) is 18.4 Å². The monoisotopic (exact) mass is 432 g/mol. The highest BCUT2D eigenvalue weighted by Gasteiger charge is 2.30. The highest BCUT2D eigenvalue weighted by Crippen LogP contribution is 2.33. The summed E-state index contributed by atoms with van der Waals surface area (Å²) in [6, 6.07) is 11.9. The molecule has 1 aromatic heterocycles. The molecular formula is C20H15F3N4O2S. The summed E-state index contributed by atoms with van der Waals surface area (Å²) in [5, 5.41) is 13.7. The largest absolute Gasteiger partial charge is 0.416 e. The van der Waals surface area contributed by atoms with Gasteiger partial charge in [-0.25, -0.2) is 4.98 Å². The molecule has 2 amide bonds. The number of carbonyl (C=O) groups is 2. The van der Waals surface area contributed by atoms with Crippen LogP contribution in [0.4, 0.5) is 13.2 Å². The molecule has 3 aromatic rings. The van der Waals surface area contributed by atoms with Gasteiger partial charge in [-0.3, -0.25) is 9.59 Å². The first-order chi connectivity index (χ1) is 14.3. The Balaban J connectivity index is 1.71. The van der Waals surface area contributed by atoms with Gasteiger partial charge >= 0.3 is 6.18 Å². The van der Waals surface area contributed by atoms with Crippen LogP contribution in [-0.4, -0.2) is 29.9 Å². The van der Waals surface area contributed by atoms with Gasteiger partial charge in [0.2, 0.25) is 11.8 Å². The number of halogens is 3. The molecule has 0 aliphatic carbocycles. The van der Waals surface area contributed by atoms with Gasteiger partial charge in [0.15, 0.2) is 0 Å². The van der Waals surface area contributed by atoms with Crippen LogP contribution in [0.2, 0.25) is 0 Å². The van der Waals surface area contributed by atoms with E-state index in [0.717, 1.165) is 16.8 Å². The Morgan fingerprint density at radius 3 is 2.57 bits per heavy atom. The normalized spacial score (nSPS) is 11.1. The fourth-order valence-electron chi connectivity index (χ4n) is 2.68. The molecule has 0 aliphatic rings. The van der Waals surface area contributed by atoms with Gasteiger partial charge in [0.05, 0.1) is 34.8 Å². The number of nitriles is 1. The van der Waals surface area contributed by atoms with Crippen LogP contribution in [0.25, 0.3) is 21.3 Å². The van der Waals surface area contributed by atoms with E-state index in [4.69, 9.17) is 5.26 Å². The van der Waals surface area contributed by atoms with E-state index in [1.807, 2.05) is 0 Å². The van der Waals surface area contributed by atoms with Gasteiger partial charge in [0.25, 0.3) is 0 Å². The Morgan fingerprint density at radius 2 is 1.83 bits per heavy atom. The molecule has 3 rings (SSSR count). The van der Waals surface area contributed by atoms with Gasteiger partial charge in [0.1, 0.15) is 11.6 Å². The number of hydrogen-bond donors (Lipinski definition) is 2. The maximum absolute atomic E-state index is 13.0. The number of carbonyl (C=O) groups excluding carboxylic acids is 2. The Morgan fingerprint density at radius 1 is 1.07 bits per heavy atom. The SMILES string of the molecule is N#CCNC(=O)CNC(=O)Cc1nc2ccc(-c3cccc(C(F)(F)F)c3)cc2s1. The molecule has 2 N–H and O–H groups in total. The molecule has 0 unspecified atom stereocenters. The molecule has 0 spiro atoms. The maximum Gasteiger partial charge on any atom is 0.416 e. The Kier molecular flexibility index (Phi) is 6.32. The smallest absolute Gasteiger partial charge is 0.347 e. The lowest BCUT2D eigenvalue weighted by molar-refractivity contribution is -0.137. The topological polar surface area (TPSA) is 94.9 Å². The third-order valence-electron chi connectivity index (χ3n) is 4.08. The summed E-state index contributed by atoms with van der Waals surface area (Å²) in [6.07, 6.45) is -4.46. The first-order valence-electron chi connectivity index (χ1n) is 8.73. The van der Waals surface area contributed by atoms with Crippen molar-refractivity contribution < 1.29 is 22.8 Å². The van der Waals surface area contributed by atoms with Gasteiger partial charge in [-0.1, -0.05) is 18.2 Å². The zero-order valence-electron chi connectivity index (χ0n) is 15.4. The Labute approximate surface area is 173 Å². The van der Waals surface area contributed by atoms with Gasteiger partial charge in [-0.15, -0.1) is 11.3 Å². The summed E-state index contributed by atoms with van der Waals surface area (Å²) in [5.41, 5.74) is 0.955. The first-order valence-corrected chi connectivity index (χ1v) is 9.55. The summed E-state index contributed by atoms with van der Waals surface area (Å²) < 4.78 is 39.6. The second-order valence-corrected chi connectivity index (χ2v) is 7.37. The van der Waals surface area contributed by atoms with Crippen LogP contribution in [0.5, 0.6) is 0 Å². The van der Waals surface area contributed by atoms with Crippen molar-refractivity contribution in [3.05, 3.63) is 53.0 Å². The average molecular weight is 432 g/mol. The Hall–Kier alpha value is -3.45. The predicted octanol–water partition coefficient (Wildman–Crippen LogP) is 3.28. The summed E-state index contributed by atoms with van der Waals surface area (Å²) in [5.74, 6) is -0.876. The van der Waals surface area contributed by atoms with Crippen LogP contribution in [0.15, 0.2) is 42.5 Å². The maximum atomic E-state index is 13.0. The van der Waals surface area contributed by atoms with E-state index in [-0.39, 0.29) is 19.5 Å². The quantitative estimate of drug-likeness (QED) is 0.585. The van der Waals surface area contributed by atoms with Crippen molar-refractivity contribution in [1.82, 2.24) is 15.6 Å². The van der Waals surface area contributed by atoms with E-state index < -0.39 is 23.6 Å². The van der Waals surface area contributed by atoms with Crippen molar-refractivity contribution in [3.8, 4) is 17.2 Å². The third kappa shape index (κ3) is 5.33. The standard InChI is InChI=1S/C20H15F3N4O2S/c21-20(22,23)14-3-1-2-12(8-14)13-4-5-15-16(9-13)30-19(27-15)10-17(28)26-11-18(29)25-7-6-24/h1-5,8-9H,7,10-11H2,(H,25,29)(H,26,28). The molecule has 0 bridgehead atoms. The summed E-state index contributed by atoms with van der Waals surface area (Å²) in [4.78, 5) is 27.7. The van der Waals surface area contributed by atoms with Crippen LogP contribution in [-0.2, 0) is 22.2 Å². The number of fused-ring (bicyclic) bond motifs is 1. The van der Waals surface area contributed by atoms with E-state index in [1.165, 1.54) is 17.4 Å². The summed E-state index contributed by atoms with van der Waals surface area (Å²) in [6.45, 7) is -0.383. The number of nitrogens with zero attached hydrogens (tertiary/aromatic N) is 2. The van der Waals surface area contributed by atoms with E-state index in [2.05, 4.69) is 15.6 Å². The van der Waals surface area contributed by atoms with Crippen LogP contribution in [0.3, 0.4) is 0 Å². The van der Waals surface area contributed by atoms with Gasteiger partial charge < -0.3 is 10.6 Å². The van der Waals surface area contributed by atoms with Crippen molar-refractivity contribution in [3.63, 3.8) is 0 Å². The number of aromatic nitrogens is 1. The molecule has 10 heteroatoms. The van der Waals surface area contributed by atoms with Crippen LogP contribution in [0, 0.1) is 11.3 Å². The van der Waals surface area contributed by atoms with Crippen LogP contribution >= 0.6 is 11.3 Å². The second kappa shape index (κ2) is 8.92. The molecule has 0 saturated carbocycles. The molecule has 0 saturated heterocycles. The van der Waals surface area contributed by atoms with Crippen molar-refractivity contribution >= 4 is 33.4 Å². The molecular weight excluding hydrogens is 417 g/mol. The van der Waals surface area contributed by atoms with Crippen LogP contribution in [0.1, 0.15) is 10.6 Å². The summed E-state index contributed by atoms with van der Waals surface area (Å²) in [7, 11) is 0. The van der Waals surface area contributed by atoms with Crippen molar-refractivity contribution in [2.75, 3.05) is 13.1 Å². The molecule has 154 valence electrons. The van der Waals surface area contributed by atoms with Gasteiger partial charge in [-0.05, 0) is 35.4 Å². The molecule has 1 heterocycles. The van der Waals surface area contributed by atoms with Crippen LogP contribution < -0.4 is 10.6 Å². The number of thiazole rings is 1. The number of rotatable bonds is 6. The molecule has 2 aromatic carbocycles. The fourth-order valence-corrected chi connectivity index (χ4v) is 3.69. The molecule has 0 atom stereocenters. The lowest BCUT2D eigenvalue weighted by Crippen LogP contribution is -2.37. The number of benzene rings is 2. The first kappa shape index (κ1) is 21.3. The number of amides is 2. The molecule has 6 nitrogen and oxygen atoms in total. The van der Waals surface area contributed by atoms with Crippen molar-refractivity contribution in [2.24, 2.45) is 0 Å². The van der Waals surface area contributed by atoms with Crippen molar-refractivity contribution in [2.45, 2.75) is 12.6 Å². The van der Waals surface area contributed by atoms with E-state index in [0.29, 0.717) is 21.7 Å². The minimum Gasteiger partial charge on any atom is -0.347 e. The van der Waals surface area contributed by atoms with E-state index >= 15 is 0 Å². The highest BCUT2D eigenvalue weighted by atomic mass is 32.1. The minimum atomic E-state index is -4.42. The highest BCUT2D eigenvalue weighted by molar-refractivity contribution is 7.18. The van der Waals surface area contributed by atoms with Gasteiger partial charge in [0, 0.05) is 0 Å². The Bertz CT molecular complexity index is 1140. The predicted molar refractivity (Wildman–Crippen MR) is 105 cm³/mol. The summed E-state index contributed by atoms with van der Waals surface area (Å²) >= 11 is 1.25. The molecule has 0 fully saturated rings. The van der Waals surface area contributed by atoms with E-state index in [1.54, 1.807) is 30.3 Å². The molecule has 30 heavy (non-hydrogen) atoms. The third-order valence-corrected chi connectivity index (χ3v) is 5.10. The molecule has 0 aliphatic heterocycles. The van der Waals surface area contributed by atoms with E-state index in [9.17, 15) is 22.8 Å². The number of alkyl halides is 3. The fraction of sp³-hybridized carbons (Fsp3) is 0.200. The number of nitrogens with one attached hydrogen (secondary N) is 2. The zero-order chi connectivity index (χ0) is 21.7.